The van der Waals surface area contributed by atoms with Crippen LogP contribution in [0.3, 0.4) is 0 Å². The van der Waals surface area contributed by atoms with Crippen molar-refractivity contribution in [2.75, 3.05) is 44.7 Å². The molecule has 2 aromatic carbocycles. The Kier molecular flexibility index (Phi) is 11.2. The van der Waals surface area contributed by atoms with Gasteiger partial charge in [-0.15, -0.1) is 0 Å². The molecule has 1 aliphatic carbocycles. The standard InChI is InChI=1S/C43H48N8O8/c1-48-15-16-50(43(48)58)29-10-4-14-49(24-29)35-23-45-38(39(44)54)32(46-35)19-25-6-2-7-26(18-25)20-34(52)28-21-30(22-28)59-17-5-9-27-8-3-11-31-37(27)42(57)51(41(31)56)33-12-13-36(53)47-40(33)55/h2-3,6-8,11,18,23,28-30,33H,4-5,9-10,12-17,19-22,24H2,1H3,(H2,44,54)(H,47,53,55)/t28?,29-,30?,33?/m1/s1. The number of ketones is 1. The summed E-state index contributed by atoms with van der Waals surface area (Å²) in [4.78, 5) is 105. The number of benzene rings is 2. The summed E-state index contributed by atoms with van der Waals surface area (Å²) in [5.41, 5.74) is 9.28. The monoisotopic (exact) mass is 804 g/mol. The zero-order valence-electron chi connectivity index (χ0n) is 33.1. The van der Waals surface area contributed by atoms with Gasteiger partial charge in [0.1, 0.15) is 23.3 Å². The lowest BCUT2D eigenvalue weighted by Crippen LogP contribution is -2.54. The molecule has 3 saturated heterocycles. The number of anilines is 1. The Morgan fingerprint density at radius 2 is 1.76 bits per heavy atom. The van der Waals surface area contributed by atoms with E-state index in [0.717, 1.165) is 35.4 Å². The summed E-state index contributed by atoms with van der Waals surface area (Å²) in [5, 5.41) is 2.22. The van der Waals surface area contributed by atoms with E-state index in [-0.39, 0.29) is 60.4 Å². The molecule has 3 N–H and O–H groups in total. The topological polar surface area (TPSA) is 206 Å². The minimum absolute atomic E-state index is 0.0418. The average Bonchev–Trinajstić information content (AvgIpc) is 3.67. The molecule has 4 fully saturated rings. The molecule has 2 atom stereocenters. The summed E-state index contributed by atoms with van der Waals surface area (Å²) in [6.07, 6.45) is 6.41. The number of carbonyl (C=O) groups is 7. The van der Waals surface area contributed by atoms with Crippen molar-refractivity contribution in [3.8, 4) is 0 Å². The number of aryl methyl sites for hydroxylation is 1. The van der Waals surface area contributed by atoms with E-state index >= 15 is 0 Å². The summed E-state index contributed by atoms with van der Waals surface area (Å²) in [7, 11) is 1.82. The Labute approximate surface area is 341 Å². The molecule has 0 bridgehead atoms. The number of primary amides is 1. The lowest BCUT2D eigenvalue weighted by molar-refractivity contribution is -0.136. The van der Waals surface area contributed by atoms with Crippen molar-refractivity contribution in [1.29, 1.82) is 0 Å². The molecular weight excluding hydrogens is 757 g/mol. The van der Waals surface area contributed by atoms with Gasteiger partial charge in [-0.05, 0) is 67.7 Å². The van der Waals surface area contributed by atoms with E-state index in [9.17, 15) is 33.6 Å². The van der Waals surface area contributed by atoms with E-state index in [2.05, 4.69) is 15.2 Å². The van der Waals surface area contributed by atoms with Crippen molar-refractivity contribution in [2.45, 2.75) is 82.4 Å². The number of hydrogen-bond donors (Lipinski definition) is 2. The van der Waals surface area contributed by atoms with Crippen LogP contribution >= 0.6 is 0 Å². The van der Waals surface area contributed by atoms with Crippen LogP contribution in [0.5, 0.6) is 0 Å². The SMILES string of the molecule is CN1CCN([C@@H]2CCCN(c3cnc(C(N)=O)c(Cc4cccc(CC(=O)C5CC(OCCCc6cccc7c6C(=O)N(C6CCC(=O)NC6=O)C7=O)C5)c4)n3)C2)C1=O. The third-order valence-electron chi connectivity index (χ3n) is 12.3. The number of imide groups is 2. The van der Waals surface area contributed by atoms with Crippen LogP contribution in [0.1, 0.15) is 98.5 Å². The normalized spacial score (nSPS) is 23.1. The van der Waals surface area contributed by atoms with Crippen molar-refractivity contribution in [1.82, 2.24) is 30.0 Å². The van der Waals surface area contributed by atoms with Gasteiger partial charge in [-0.25, -0.2) is 14.8 Å². The fourth-order valence-corrected chi connectivity index (χ4v) is 8.98. The molecule has 3 aromatic rings. The van der Waals surface area contributed by atoms with Gasteiger partial charge in [0.2, 0.25) is 11.8 Å². The Morgan fingerprint density at radius 3 is 2.53 bits per heavy atom. The highest BCUT2D eigenvalue weighted by Gasteiger charge is 2.45. The van der Waals surface area contributed by atoms with Gasteiger partial charge in [-0.2, -0.15) is 0 Å². The van der Waals surface area contributed by atoms with E-state index in [0.29, 0.717) is 81.0 Å². The zero-order chi connectivity index (χ0) is 41.4. The van der Waals surface area contributed by atoms with Crippen molar-refractivity contribution in [3.63, 3.8) is 0 Å². The Hall–Kier alpha value is -6.03. The van der Waals surface area contributed by atoms with Gasteiger partial charge >= 0.3 is 6.03 Å². The number of Topliss-reactive ketones (excluding diaryl/α,β-unsaturated/α-hetero) is 1. The van der Waals surface area contributed by atoms with Gasteiger partial charge in [0.15, 0.2) is 0 Å². The quantitative estimate of drug-likeness (QED) is 0.179. The molecule has 1 aromatic heterocycles. The number of ether oxygens (including phenoxy) is 1. The summed E-state index contributed by atoms with van der Waals surface area (Å²) >= 11 is 0. The summed E-state index contributed by atoms with van der Waals surface area (Å²) in [6, 6.07) is 11.9. The molecule has 1 saturated carbocycles. The largest absolute Gasteiger partial charge is 0.378 e. The molecule has 1 unspecified atom stereocenters. The number of amides is 7. The van der Waals surface area contributed by atoms with Crippen LogP contribution in [0.4, 0.5) is 10.6 Å². The number of nitrogens with two attached hydrogens (primary N) is 1. The van der Waals surface area contributed by atoms with Crippen molar-refractivity contribution >= 4 is 47.2 Å². The first-order valence-corrected chi connectivity index (χ1v) is 20.4. The molecule has 5 heterocycles. The number of carbonyl (C=O) groups excluding carboxylic acids is 7. The predicted octanol–water partition coefficient (Wildman–Crippen LogP) is 2.44. The Morgan fingerprint density at radius 1 is 0.966 bits per heavy atom. The van der Waals surface area contributed by atoms with Crippen LogP contribution < -0.4 is 16.0 Å². The van der Waals surface area contributed by atoms with Crippen LogP contribution in [0.2, 0.25) is 0 Å². The Bertz CT molecular complexity index is 2220. The molecule has 16 nitrogen and oxygen atoms in total. The average molecular weight is 805 g/mol. The maximum absolute atomic E-state index is 13.4. The summed E-state index contributed by atoms with van der Waals surface area (Å²) in [5.74, 6) is -2.12. The first-order valence-electron chi connectivity index (χ1n) is 20.4. The molecule has 59 heavy (non-hydrogen) atoms. The van der Waals surface area contributed by atoms with Crippen LogP contribution in [0.15, 0.2) is 48.7 Å². The molecule has 5 aliphatic rings. The number of fused-ring (bicyclic) bond motifs is 1. The fraction of sp³-hybridized carbons (Fsp3) is 0.465. The summed E-state index contributed by atoms with van der Waals surface area (Å²) in [6.45, 7) is 3.22. The number of hydrogen-bond acceptors (Lipinski definition) is 11. The van der Waals surface area contributed by atoms with Crippen LogP contribution in [-0.2, 0) is 38.4 Å². The number of aromatic nitrogens is 2. The third-order valence-corrected chi connectivity index (χ3v) is 12.3. The molecule has 0 radical (unpaired) electrons. The van der Waals surface area contributed by atoms with Crippen molar-refractivity contribution in [3.05, 3.63) is 87.9 Å². The first kappa shape index (κ1) is 39.8. The van der Waals surface area contributed by atoms with Crippen molar-refractivity contribution in [2.24, 2.45) is 11.7 Å². The second kappa shape index (κ2) is 16.7. The highest BCUT2D eigenvalue weighted by molar-refractivity contribution is 6.24. The van der Waals surface area contributed by atoms with E-state index in [1.54, 1.807) is 29.3 Å². The van der Waals surface area contributed by atoms with Crippen LogP contribution in [0.25, 0.3) is 0 Å². The molecule has 308 valence electrons. The number of urea groups is 1. The smallest absolute Gasteiger partial charge is 0.320 e. The van der Waals surface area contributed by atoms with Gasteiger partial charge in [0.25, 0.3) is 17.7 Å². The first-order chi connectivity index (χ1) is 28.4. The van der Waals surface area contributed by atoms with E-state index < -0.39 is 35.6 Å². The number of rotatable bonds is 14. The highest BCUT2D eigenvalue weighted by Crippen LogP contribution is 2.34. The maximum Gasteiger partial charge on any atom is 0.320 e. The molecule has 0 spiro atoms. The molecular formula is C43H48N8O8. The second-order valence-electron chi connectivity index (χ2n) is 16.2. The van der Waals surface area contributed by atoms with Gasteiger partial charge in [0, 0.05) is 65.0 Å². The fourth-order valence-electron chi connectivity index (χ4n) is 8.98. The highest BCUT2D eigenvalue weighted by atomic mass is 16.5. The van der Waals surface area contributed by atoms with Crippen LogP contribution in [0, 0.1) is 5.92 Å². The van der Waals surface area contributed by atoms with Crippen LogP contribution in [-0.4, -0.2) is 124 Å². The van der Waals surface area contributed by atoms with E-state index in [1.807, 2.05) is 36.2 Å². The summed E-state index contributed by atoms with van der Waals surface area (Å²) < 4.78 is 6.08. The molecule has 7 amide bonds. The zero-order valence-corrected chi connectivity index (χ0v) is 33.1. The van der Waals surface area contributed by atoms with Crippen molar-refractivity contribution < 1.29 is 38.3 Å². The van der Waals surface area contributed by atoms with Gasteiger partial charge in [-0.1, -0.05) is 36.4 Å². The Balaban J connectivity index is 0.816. The second-order valence-corrected chi connectivity index (χ2v) is 16.2. The van der Waals surface area contributed by atoms with Gasteiger partial charge in [0.05, 0.1) is 35.2 Å². The minimum atomic E-state index is -1.01. The molecule has 16 heteroatoms. The minimum Gasteiger partial charge on any atom is -0.378 e. The van der Waals surface area contributed by atoms with Gasteiger partial charge < -0.3 is 25.2 Å². The number of likely N-dealkylation sites (N-methyl/N-ethyl adjacent to an activating group) is 1. The third kappa shape index (κ3) is 8.18. The lowest BCUT2D eigenvalue weighted by Gasteiger charge is -2.37. The lowest BCUT2D eigenvalue weighted by atomic mass is 9.77. The van der Waals surface area contributed by atoms with Gasteiger partial charge in [-0.3, -0.25) is 39.0 Å². The number of piperidine rings is 2. The number of nitrogens with one attached hydrogen (secondary N) is 1. The maximum atomic E-state index is 13.4. The molecule has 8 rings (SSSR count). The van der Waals surface area contributed by atoms with E-state index in [4.69, 9.17) is 15.5 Å². The number of nitrogens with zero attached hydrogens (tertiary/aromatic N) is 6. The predicted molar refractivity (Wildman–Crippen MR) is 212 cm³/mol. The molecule has 4 aliphatic heterocycles. The van der Waals surface area contributed by atoms with E-state index in [1.165, 1.54) is 0 Å².